The van der Waals surface area contributed by atoms with Gasteiger partial charge in [-0.1, -0.05) is 12.1 Å². The van der Waals surface area contributed by atoms with Gasteiger partial charge in [-0.15, -0.1) is 0 Å². The smallest absolute Gasteiger partial charge is 0.267 e. The Hall–Kier alpha value is -2.63. The highest BCUT2D eigenvalue weighted by Gasteiger charge is 2.14. The van der Waals surface area contributed by atoms with Crippen molar-refractivity contribution in [2.45, 2.75) is 32.2 Å². The molecule has 1 aromatic heterocycles. The number of benzene rings is 1. The fraction of sp³-hybridized carbons (Fsp3) is 0.389. The fourth-order valence-electron chi connectivity index (χ4n) is 2.89. The van der Waals surface area contributed by atoms with Gasteiger partial charge in [-0.25, -0.2) is 4.68 Å². The SMILES string of the molecule is COc1ccc(CC(=O)NCCn2nc3c(cc2=O)CCC3)cc1. The summed E-state index contributed by atoms with van der Waals surface area (Å²) in [5.74, 6) is 0.690. The van der Waals surface area contributed by atoms with E-state index in [9.17, 15) is 9.59 Å². The number of methoxy groups -OCH3 is 1. The Balaban J connectivity index is 1.51. The lowest BCUT2D eigenvalue weighted by Crippen LogP contribution is -2.33. The van der Waals surface area contributed by atoms with Crippen LogP contribution in [-0.2, 0) is 30.6 Å². The molecule has 6 heteroatoms. The van der Waals surface area contributed by atoms with Crippen molar-refractivity contribution in [3.05, 3.63) is 57.5 Å². The first-order valence-electron chi connectivity index (χ1n) is 8.15. The molecule has 0 bridgehead atoms. The summed E-state index contributed by atoms with van der Waals surface area (Å²) in [7, 11) is 1.61. The van der Waals surface area contributed by atoms with E-state index in [4.69, 9.17) is 4.74 Å². The maximum atomic E-state index is 12.0. The number of nitrogens with one attached hydrogen (secondary N) is 1. The van der Waals surface area contributed by atoms with E-state index in [1.807, 2.05) is 24.3 Å². The van der Waals surface area contributed by atoms with Gasteiger partial charge in [0, 0.05) is 12.6 Å². The summed E-state index contributed by atoms with van der Waals surface area (Å²) in [6.45, 7) is 0.779. The minimum Gasteiger partial charge on any atom is -0.497 e. The van der Waals surface area contributed by atoms with Crippen molar-refractivity contribution in [3.63, 3.8) is 0 Å². The van der Waals surface area contributed by atoms with E-state index in [1.165, 1.54) is 4.68 Å². The predicted octanol–water partition coefficient (Wildman–Crippen LogP) is 1.10. The minimum atomic E-state index is -0.0972. The zero-order valence-corrected chi connectivity index (χ0v) is 13.7. The molecule has 3 rings (SSSR count). The van der Waals surface area contributed by atoms with Crippen molar-refractivity contribution >= 4 is 5.91 Å². The van der Waals surface area contributed by atoms with E-state index in [0.717, 1.165) is 41.8 Å². The third-order valence-corrected chi connectivity index (χ3v) is 4.19. The Bertz CT molecular complexity index is 781. The van der Waals surface area contributed by atoms with Crippen LogP contribution in [0.2, 0.25) is 0 Å². The zero-order valence-electron chi connectivity index (χ0n) is 13.7. The number of hydrogen-bond donors (Lipinski definition) is 1. The molecule has 1 aliphatic carbocycles. The molecular weight excluding hydrogens is 306 g/mol. The van der Waals surface area contributed by atoms with Crippen LogP contribution in [0.4, 0.5) is 0 Å². The highest BCUT2D eigenvalue weighted by atomic mass is 16.5. The van der Waals surface area contributed by atoms with Crippen LogP contribution in [0.5, 0.6) is 5.75 Å². The van der Waals surface area contributed by atoms with Crippen LogP contribution in [0.15, 0.2) is 35.1 Å². The lowest BCUT2D eigenvalue weighted by molar-refractivity contribution is -0.120. The molecule has 1 N–H and O–H groups in total. The number of fused-ring (bicyclic) bond motifs is 1. The lowest BCUT2D eigenvalue weighted by Gasteiger charge is -2.09. The summed E-state index contributed by atoms with van der Waals surface area (Å²) in [5, 5.41) is 7.22. The number of aromatic nitrogens is 2. The molecule has 0 saturated heterocycles. The third-order valence-electron chi connectivity index (χ3n) is 4.19. The number of amides is 1. The molecule has 0 spiro atoms. The Morgan fingerprint density at radius 2 is 2.08 bits per heavy atom. The third kappa shape index (κ3) is 3.82. The van der Waals surface area contributed by atoms with Crippen molar-refractivity contribution < 1.29 is 9.53 Å². The number of nitrogens with zero attached hydrogens (tertiary/aromatic N) is 2. The number of rotatable bonds is 6. The van der Waals surface area contributed by atoms with E-state index < -0.39 is 0 Å². The fourth-order valence-corrected chi connectivity index (χ4v) is 2.89. The minimum absolute atomic E-state index is 0.0747. The van der Waals surface area contributed by atoms with Crippen LogP contribution in [0.3, 0.4) is 0 Å². The quantitative estimate of drug-likeness (QED) is 0.862. The molecule has 1 aromatic carbocycles. The standard InChI is InChI=1S/C18H21N3O3/c1-24-15-7-5-13(6-8-15)11-17(22)19-9-10-21-18(23)12-14-3-2-4-16(14)20-21/h5-8,12H,2-4,9-11H2,1H3,(H,19,22). The molecule has 1 amide bonds. The summed E-state index contributed by atoms with van der Waals surface area (Å²) >= 11 is 0. The second-order valence-corrected chi connectivity index (χ2v) is 5.91. The van der Waals surface area contributed by atoms with Crippen molar-refractivity contribution in [2.75, 3.05) is 13.7 Å². The Morgan fingerprint density at radius 1 is 1.29 bits per heavy atom. The van der Waals surface area contributed by atoms with E-state index >= 15 is 0 Å². The van der Waals surface area contributed by atoms with Crippen LogP contribution in [0.25, 0.3) is 0 Å². The molecule has 0 fully saturated rings. The molecule has 24 heavy (non-hydrogen) atoms. The maximum absolute atomic E-state index is 12.0. The summed E-state index contributed by atoms with van der Waals surface area (Å²) in [4.78, 5) is 24.0. The maximum Gasteiger partial charge on any atom is 0.267 e. The molecule has 1 aliphatic rings. The molecule has 2 aromatic rings. The Kier molecular flexibility index (Phi) is 4.93. The van der Waals surface area contributed by atoms with Gasteiger partial charge in [0.15, 0.2) is 0 Å². The van der Waals surface area contributed by atoms with Crippen molar-refractivity contribution in [2.24, 2.45) is 0 Å². The van der Waals surface area contributed by atoms with Gasteiger partial charge in [0.05, 0.1) is 25.8 Å². The highest BCUT2D eigenvalue weighted by molar-refractivity contribution is 5.78. The van der Waals surface area contributed by atoms with Crippen molar-refractivity contribution in [1.82, 2.24) is 15.1 Å². The van der Waals surface area contributed by atoms with Gasteiger partial charge in [-0.2, -0.15) is 5.10 Å². The number of carbonyl (C=O) groups is 1. The number of aryl methyl sites for hydroxylation is 2. The van der Waals surface area contributed by atoms with Crippen LogP contribution in [0.1, 0.15) is 23.2 Å². The topological polar surface area (TPSA) is 73.2 Å². The number of ether oxygens (including phenoxy) is 1. The first-order valence-corrected chi connectivity index (χ1v) is 8.15. The molecule has 0 aliphatic heterocycles. The second-order valence-electron chi connectivity index (χ2n) is 5.91. The van der Waals surface area contributed by atoms with Gasteiger partial charge in [0.2, 0.25) is 5.91 Å². The molecule has 6 nitrogen and oxygen atoms in total. The van der Waals surface area contributed by atoms with Gasteiger partial charge in [0.1, 0.15) is 5.75 Å². The number of hydrogen-bond acceptors (Lipinski definition) is 4. The summed E-state index contributed by atoms with van der Waals surface area (Å²) in [6.07, 6.45) is 3.23. The molecule has 0 saturated carbocycles. The predicted molar refractivity (Wildman–Crippen MR) is 90.2 cm³/mol. The summed E-state index contributed by atoms with van der Waals surface area (Å²) < 4.78 is 6.53. The Morgan fingerprint density at radius 3 is 2.83 bits per heavy atom. The zero-order chi connectivity index (χ0) is 16.9. The molecule has 126 valence electrons. The summed E-state index contributed by atoms with van der Waals surface area (Å²) in [6, 6.07) is 9.07. The van der Waals surface area contributed by atoms with Crippen molar-refractivity contribution in [1.29, 1.82) is 0 Å². The molecule has 0 radical (unpaired) electrons. The van der Waals surface area contributed by atoms with Crippen LogP contribution in [-0.4, -0.2) is 29.3 Å². The van der Waals surface area contributed by atoms with Gasteiger partial charge in [-0.3, -0.25) is 9.59 Å². The van der Waals surface area contributed by atoms with E-state index in [-0.39, 0.29) is 11.5 Å². The normalized spacial score (nSPS) is 12.7. The monoisotopic (exact) mass is 327 g/mol. The summed E-state index contributed by atoms with van der Waals surface area (Å²) in [5.41, 5.74) is 2.90. The average molecular weight is 327 g/mol. The van der Waals surface area contributed by atoms with Gasteiger partial charge in [-0.05, 0) is 42.5 Å². The van der Waals surface area contributed by atoms with Gasteiger partial charge in [0.25, 0.3) is 5.56 Å². The van der Waals surface area contributed by atoms with E-state index in [2.05, 4.69) is 10.4 Å². The number of carbonyl (C=O) groups excluding carboxylic acids is 1. The van der Waals surface area contributed by atoms with Crippen LogP contribution >= 0.6 is 0 Å². The molecular formula is C18H21N3O3. The molecule has 1 heterocycles. The lowest BCUT2D eigenvalue weighted by atomic mass is 10.1. The van der Waals surface area contributed by atoms with Gasteiger partial charge >= 0.3 is 0 Å². The molecule has 0 atom stereocenters. The largest absolute Gasteiger partial charge is 0.497 e. The Labute approximate surface area is 140 Å². The average Bonchev–Trinajstić information content (AvgIpc) is 3.02. The first-order chi connectivity index (χ1) is 11.7. The van der Waals surface area contributed by atoms with Crippen molar-refractivity contribution in [3.8, 4) is 5.75 Å². The van der Waals surface area contributed by atoms with E-state index in [0.29, 0.717) is 19.5 Å². The van der Waals surface area contributed by atoms with E-state index in [1.54, 1.807) is 13.2 Å². The van der Waals surface area contributed by atoms with Gasteiger partial charge < -0.3 is 10.1 Å². The highest BCUT2D eigenvalue weighted by Crippen LogP contribution is 2.16. The second kappa shape index (κ2) is 7.29. The van der Waals surface area contributed by atoms with Crippen LogP contribution in [0, 0.1) is 0 Å². The van der Waals surface area contributed by atoms with Crippen LogP contribution < -0.4 is 15.6 Å². The molecule has 0 unspecified atom stereocenters. The first kappa shape index (κ1) is 16.2.